The zero-order valence-electron chi connectivity index (χ0n) is 13.2. The van der Waals surface area contributed by atoms with Gasteiger partial charge in [-0.05, 0) is 46.7 Å². The fourth-order valence-electron chi connectivity index (χ4n) is 1.88. The van der Waals surface area contributed by atoms with Crippen LogP contribution in [0.4, 0.5) is 0 Å². The Morgan fingerprint density at radius 1 is 1.33 bits per heavy atom. The minimum Gasteiger partial charge on any atom is -0.379 e. The summed E-state index contributed by atoms with van der Waals surface area (Å²) in [6, 6.07) is 1.75. The number of rotatable bonds is 10. The molecule has 0 aliphatic heterocycles. The van der Waals surface area contributed by atoms with Gasteiger partial charge in [0.15, 0.2) is 0 Å². The Bertz CT molecular complexity index is 524. The van der Waals surface area contributed by atoms with Crippen molar-refractivity contribution in [3.63, 3.8) is 0 Å². The van der Waals surface area contributed by atoms with Crippen LogP contribution in [0.3, 0.4) is 0 Å². The van der Waals surface area contributed by atoms with E-state index in [9.17, 15) is 8.42 Å². The van der Waals surface area contributed by atoms with E-state index in [0.29, 0.717) is 24.6 Å². The number of hydrogen-bond acceptors (Lipinski definition) is 5. The van der Waals surface area contributed by atoms with Crippen LogP contribution in [0.2, 0.25) is 0 Å². The average molecular weight is 335 g/mol. The molecule has 1 rings (SSSR count). The van der Waals surface area contributed by atoms with Crippen LogP contribution in [0.5, 0.6) is 0 Å². The van der Waals surface area contributed by atoms with Crippen LogP contribution in [0.15, 0.2) is 11.0 Å². The molecule has 0 unspecified atom stereocenters. The SMILES string of the molecule is CNCc1cc(S(=O)(=O)NCCCCOC(C)C)c(C)s1. The van der Waals surface area contributed by atoms with Crippen molar-refractivity contribution < 1.29 is 13.2 Å². The van der Waals surface area contributed by atoms with Crippen molar-refractivity contribution in [3.05, 3.63) is 15.8 Å². The van der Waals surface area contributed by atoms with Gasteiger partial charge in [0.25, 0.3) is 0 Å². The topological polar surface area (TPSA) is 67.4 Å². The summed E-state index contributed by atoms with van der Waals surface area (Å²) >= 11 is 1.51. The highest BCUT2D eigenvalue weighted by Gasteiger charge is 2.19. The van der Waals surface area contributed by atoms with Crippen LogP contribution in [0, 0.1) is 6.92 Å². The standard InChI is InChI=1S/C14H26N2O3S2/c1-11(2)19-8-6-5-7-16-21(17,18)14-9-13(10-15-4)20-12(14)3/h9,11,15-16H,5-8,10H2,1-4H3. The van der Waals surface area contributed by atoms with Gasteiger partial charge in [0.2, 0.25) is 10.0 Å². The molecule has 122 valence electrons. The molecule has 1 heterocycles. The van der Waals surface area contributed by atoms with E-state index in [1.165, 1.54) is 11.3 Å². The van der Waals surface area contributed by atoms with Gasteiger partial charge in [-0.1, -0.05) is 0 Å². The Morgan fingerprint density at radius 2 is 2.05 bits per heavy atom. The summed E-state index contributed by atoms with van der Waals surface area (Å²) in [5.74, 6) is 0. The Morgan fingerprint density at radius 3 is 2.67 bits per heavy atom. The van der Waals surface area contributed by atoms with Gasteiger partial charge in [-0.15, -0.1) is 11.3 Å². The summed E-state index contributed by atoms with van der Waals surface area (Å²) in [5.41, 5.74) is 0. The monoisotopic (exact) mass is 334 g/mol. The van der Waals surface area contributed by atoms with Crippen LogP contribution in [-0.4, -0.2) is 34.7 Å². The number of ether oxygens (including phenoxy) is 1. The third kappa shape index (κ3) is 6.44. The fraction of sp³-hybridized carbons (Fsp3) is 0.714. The molecule has 0 aliphatic carbocycles. The number of nitrogens with one attached hydrogen (secondary N) is 2. The molecule has 0 saturated heterocycles. The van der Waals surface area contributed by atoms with Gasteiger partial charge in [0, 0.05) is 29.5 Å². The van der Waals surface area contributed by atoms with E-state index in [-0.39, 0.29) is 6.10 Å². The lowest BCUT2D eigenvalue weighted by atomic mass is 10.3. The van der Waals surface area contributed by atoms with E-state index >= 15 is 0 Å². The summed E-state index contributed by atoms with van der Waals surface area (Å²) in [6.45, 7) is 7.63. The Kier molecular flexibility index (Phi) is 7.83. The van der Waals surface area contributed by atoms with Gasteiger partial charge in [0.05, 0.1) is 11.0 Å². The molecule has 1 aromatic rings. The van der Waals surface area contributed by atoms with Gasteiger partial charge in [0.1, 0.15) is 0 Å². The van der Waals surface area contributed by atoms with Gasteiger partial charge in [-0.25, -0.2) is 13.1 Å². The second kappa shape index (κ2) is 8.85. The molecule has 21 heavy (non-hydrogen) atoms. The summed E-state index contributed by atoms with van der Waals surface area (Å²) in [6.07, 6.45) is 1.85. The number of thiophene rings is 1. The Hall–Kier alpha value is -0.470. The smallest absolute Gasteiger partial charge is 0.241 e. The lowest BCUT2D eigenvalue weighted by molar-refractivity contribution is 0.0762. The summed E-state index contributed by atoms with van der Waals surface area (Å²) < 4.78 is 32.6. The van der Waals surface area contributed by atoms with E-state index in [1.54, 1.807) is 6.07 Å². The largest absolute Gasteiger partial charge is 0.379 e. The third-order valence-corrected chi connectivity index (χ3v) is 5.65. The molecular weight excluding hydrogens is 308 g/mol. The van der Waals surface area contributed by atoms with Crippen LogP contribution in [-0.2, 0) is 21.3 Å². The first-order chi connectivity index (χ1) is 9.86. The first-order valence-corrected chi connectivity index (χ1v) is 9.52. The number of unbranched alkanes of at least 4 members (excludes halogenated alkanes) is 1. The molecule has 0 bridgehead atoms. The molecule has 0 fully saturated rings. The number of hydrogen-bond donors (Lipinski definition) is 2. The predicted octanol–water partition coefficient (Wildman–Crippen LogP) is 2.26. The second-order valence-corrected chi connectivity index (χ2v) is 8.26. The first kappa shape index (κ1) is 18.6. The molecule has 0 amide bonds. The maximum Gasteiger partial charge on any atom is 0.241 e. The maximum atomic E-state index is 12.3. The van der Waals surface area contributed by atoms with Crippen LogP contribution in [0.25, 0.3) is 0 Å². The molecule has 5 nitrogen and oxygen atoms in total. The highest BCUT2D eigenvalue weighted by molar-refractivity contribution is 7.89. The molecule has 0 atom stereocenters. The average Bonchev–Trinajstić information content (AvgIpc) is 2.75. The zero-order valence-corrected chi connectivity index (χ0v) is 14.9. The van der Waals surface area contributed by atoms with Crippen LogP contribution < -0.4 is 10.0 Å². The minimum atomic E-state index is -3.40. The van der Waals surface area contributed by atoms with Crippen LogP contribution >= 0.6 is 11.3 Å². The van der Waals surface area contributed by atoms with Crippen molar-refractivity contribution in [2.75, 3.05) is 20.2 Å². The van der Waals surface area contributed by atoms with Crippen molar-refractivity contribution in [2.24, 2.45) is 0 Å². The van der Waals surface area contributed by atoms with Crippen LogP contribution in [0.1, 0.15) is 36.4 Å². The highest BCUT2D eigenvalue weighted by atomic mass is 32.2. The van der Waals surface area contributed by atoms with E-state index in [1.807, 2.05) is 27.8 Å². The summed E-state index contributed by atoms with van der Waals surface area (Å²) in [5, 5.41) is 3.03. The molecule has 0 radical (unpaired) electrons. The lowest BCUT2D eigenvalue weighted by Crippen LogP contribution is -2.25. The van der Waals surface area contributed by atoms with E-state index in [2.05, 4.69) is 10.0 Å². The summed E-state index contributed by atoms with van der Waals surface area (Å²) in [4.78, 5) is 2.26. The van der Waals surface area contributed by atoms with Gasteiger partial charge in [-0.3, -0.25) is 0 Å². The van der Waals surface area contributed by atoms with E-state index in [0.717, 1.165) is 22.6 Å². The normalized spacial score (nSPS) is 12.2. The van der Waals surface area contributed by atoms with Crippen molar-refractivity contribution in [1.82, 2.24) is 10.0 Å². The molecule has 7 heteroatoms. The van der Waals surface area contributed by atoms with Gasteiger partial charge in [-0.2, -0.15) is 0 Å². The number of sulfonamides is 1. The van der Waals surface area contributed by atoms with Gasteiger partial charge >= 0.3 is 0 Å². The number of aryl methyl sites for hydroxylation is 1. The molecule has 2 N–H and O–H groups in total. The maximum absolute atomic E-state index is 12.3. The zero-order chi connectivity index (χ0) is 15.9. The lowest BCUT2D eigenvalue weighted by Gasteiger charge is -2.08. The third-order valence-electron chi connectivity index (χ3n) is 2.88. The van der Waals surface area contributed by atoms with E-state index < -0.39 is 10.0 Å². The summed E-state index contributed by atoms with van der Waals surface area (Å²) in [7, 11) is -1.55. The quantitative estimate of drug-likeness (QED) is 0.644. The van der Waals surface area contributed by atoms with Crippen molar-refractivity contribution in [1.29, 1.82) is 0 Å². The molecule has 0 saturated carbocycles. The molecule has 1 aromatic heterocycles. The minimum absolute atomic E-state index is 0.223. The second-order valence-electron chi connectivity index (χ2n) is 5.19. The molecule has 0 spiro atoms. The predicted molar refractivity (Wildman–Crippen MR) is 87.3 cm³/mol. The molecule has 0 aromatic carbocycles. The molecular formula is C14H26N2O3S2. The van der Waals surface area contributed by atoms with Crippen molar-refractivity contribution in [3.8, 4) is 0 Å². The highest BCUT2D eigenvalue weighted by Crippen LogP contribution is 2.25. The fourth-order valence-corrected chi connectivity index (χ4v) is 4.60. The van der Waals surface area contributed by atoms with Gasteiger partial charge < -0.3 is 10.1 Å². The first-order valence-electron chi connectivity index (χ1n) is 7.22. The molecule has 0 aliphatic rings. The Balaban J connectivity index is 2.46. The van der Waals surface area contributed by atoms with Crippen molar-refractivity contribution >= 4 is 21.4 Å². The van der Waals surface area contributed by atoms with E-state index in [4.69, 9.17) is 4.74 Å². The Labute approximate surface area is 132 Å². The van der Waals surface area contributed by atoms with Crippen molar-refractivity contribution in [2.45, 2.75) is 51.2 Å².